The third-order valence-corrected chi connectivity index (χ3v) is 4.93. The Morgan fingerprint density at radius 3 is 2.58 bits per heavy atom. The number of aryl methyl sites for hydroxylation is 3. The van der Waals surface area contributed by atoms with Gasteiger partial charge in [-0.05, 0) is 43.5 Å². The maximum Gasteiger partial charge on any atom is 0.354 e. The van der Waals surface area contributed by atoms with E-state index in [2.05, 4.69) is 10.4 Å². The summed E-state index contributed by atoms with van der Waals surface area (Å²) in [6.07, 6.45) is 1.46. The van der Waals surface area contributed by atoms with Crippen LogP contribution in [0.15, 0.2) is 53.6 Å². The first-order chi connectivity index (χ1) is 14.9. The smallest absolute Gasteiger partial charge is 0.354 e. The molecule has 0 unspecified atom stereocenters. The van der Waals surface area contributed by atoms with E-state index in [1.807, 2.05) is 56.3 Å². The molecule has 2 aromatic rings. The zero-order valence-corrected chi connectivity index (χ0v) is 17.9. The van der Waals surface area contributed by atoms with Crippen LogP contribution in [-0.4, -0.2) is 36.6 Å². The summed E-state index contributed by atoms with van der Waals surface area (Å²) in [5.41, 5.74) is 4.11. The van der Waals surface area contributed by atoms with E-state index < -0.39 is 5.97 Å². The fraction of sp³-hybridized carbons (Fsp3) is 0.333. The summed E-state index contributed by atoms with van der Waals surface area (Å²) < 4.78 is 5.23. The number of carbonyl (C=O) groups is 3. The van der Waals surface area contributed by atoms with Gasteiger partial charge in [-0.1, -0.05) is 42.0 Å². The van der Waals surface area contributed by atoms with Crippen molar-refractivity contribution in [3.8, 4) is 0 Å². The zero-order chi connectivity index (χ0) is 22.2. The maximum atomic E-state index is 12.3. The van der Waals surface area contributed by atoms with E-state index in [1.165, 1.54) is 10.6 Å². The number of hydrogen-bond acceptors (Lipinski definition) is 5. The van der Waals surface area contributed by atoms with E-state index in [0.717, 1.165) is 11.1 Å². The SMILES string of the molecule is Cc1ccc(CCC(=O)NCCOC(=O)C2=NN(c3cccc(C)c3)C(=O)CC2)cc1. The van der Waals surface area contributed by atoms with Crippen LogP contribution in [0.25, 0.3) is 0 Å². The number of esters is 1. The van der Waals surface area contributed by atoms with Crippen LogP contribution in [0.5, 0.6) is 0 Å². The lowest BCUT2D eigenvalue weighted by molar-refractivity contribution is -0.136. The van der Waals surface area contributed by atoms with Gasteiger partial charge in [0.05, 0.1) is 12.2 Å². The van der Waals surface area contributed by atoms with Crippen LogP contribution in [0.4, 0.5) is 5.69 Å². The average Bonchev–Trinajstić information content (AvgIpc) is 2.76. The monoisotopic (exact) mass is 421 g/mol. The van der Waals surface area contributed by atoms with Crippen LogP contribution in [0.2, 0.25) is 0 Å². The molecule has 0 fully saturated rings. The lowest BCUT2D eigenvalue weighted by Crippen LogP contribution is -2.36. The number of hydrazone groups is 1. The Morgan fingerprint density at radius 1 is 1.06 bits per heavy atom. The van der Waals surface area contributed by atoms with Gasteiger partial charge in [0.15, 0.2) is 0 Å². The van der Waals surface area contributed by atoms with E-state index in [-0.39, 0.29) is 43.5 Å². The molecule has 2 amide bonds. The number of rotatable bonds is 8. The van der Waals surface area contributed by atoms with Gasteiger partial charge in [-0.25, -0.2) is 9.80 Å². The van der Waals surface area contributed by atoms with Crippen molar-refractivity contribution in [2.24, 2.45) is 5.10 Å². The minimum atomic E-state index is -0.570. The number of nitrogens with one attached hydrogen (secondary N) is 1. The molecule has 0 spiro atoms. The minimum absolute atomic E-state index is 0.0481. The number of nitrogens with zero attached hydrogens (tertiary/aromatic N) is 2. The van der Waals surface area contributed by atoms with Crippen LogP contribution in [0.1, 0.15) is 36.0 Å². The summed E-state index contributed by atoms with van der Waals surface area (Å²) in [4.78, 5) is 36.5. The summed E-state index contributed by atoms with van der Waals surface area (Å²) in [5, 5.41) is 8.20. The fourth-order valence-corrected chi connectivity index (χ4v) is 3.18. The molecule has 7 nitrogen and oxygen atoms in total. The van der Waals surface area contributed by atoms with Crippen LogP contribution in [0.3, 0.4) is 0 Å². The van der Waals surface area contributed by atoms with Crippen molar-refractivity contribution < 1.29 is 19.1 Å². The number of amides is 2. The van der Waals surface area contributed by atoms with Crippen molar-refractivity contribution in [1.29, 1.82) is 0 Å². The Bertz CT molecular complexity index is 983. The quantitative estimate of drug-likeness (QED) is 0.524. The molecule has 31 heavy (non-hydrogen) atoms. The summed E-state index contributed by atoms with van der Waals surface area (Å²) in [7, 11) is 0. The van der Waals surface area contributed by atoms with Crippen LogP contribution in [0, 0.1) is 13.8 Å². The van der Waals surface area contributed by atoms with Gasteiger partial charge in [-0.2, -0.15) is 5.10 Å². The zero-order valence-electron chi connectivity index (χ0n) is 17.9. The number of benzene rings is 2. The molecule has 0 radical (unpaired) electrons. The molecule has 0 bridgehead atoms. The van der Waals surface area contributed by atoms with Crippen molar-refractivity contribution in [3.05, 3.63) is 65.2 Å². The third kappa shape index (κ3) is 6.50. The molecule has 162 valence electrons. The summed E-state index contributed by atoms with van der Waals surface area (Å²) >= 11 is 0. The van der Waals surface area contributed by atoms with Gasteiger partial charge in [0.2, 0.25) is 11.8 Å². The Hall–Kier alpha value is -3.48. The molecule has 1 aliphatic rings. The summed E-state index contributed by atoms with van der Waals surface area (Å²) in [6, 6.07) is 15.4. The fourth-order valence-electron chi connectivity index (χ4n) is 3.18. The van der Waals surface area contributed by atoms with Gasteiger partial charge in [-0.3, -0.25) is 9.59 Å². The van der Waals surface area contributed by atoms with E-state index in [0.29, 0.717) is 18.5 Å². The predicted molar refractivity (Wildman–Crippen MR) is 119 cm³/mol. The molecule has 3 rings (SSSR count). The second-order valence-corrected chi connectivity index (χ2v) is 7.56. The second-order valence-electron chi connectivity index (χ2n) is 7.56. The number of anilines is 1. The minimum Gasteiger partial charge on any atom is -0.459 e. The molecule has 0 saturated carbocycles. The first-order valence-corrected chi connectivity index (χ1v) is 10.4. The van der Waals surface area contributed by atoms with E-state index in [4.69, 9.17) is 4.74 Å². The normalized spacial score (nSPS) is 13.5. The Kier molecular flexibility index (Phi) is 7.54. The van der Waals surface area contributed by atoms with Crippen molar-refractivity contribution in [3.63, 3.8) is 0 Å². The molecule has 2 aromatic carbocycles. The van der Waals surface area contributed by atoms with E-state index in [9.17, 15) is 14.4 Å². The average molecular weight is 421 g/mol. The molecule has 1 heterocycles. The van der Waals surface area contributed by atoms with Gasteiger partial charge in [-0.15, -0.1) is 0 Å². The number of ether oxygens (including phenoxy) is 1. The van der Waals surface area contributed by atoms with Crippen LogP contribution >= 0.6 is 0 Å². The Balaban J connectivity index is 1.43. The van der Waals surface area contributed by atoms with Gasteiger partial charge in [0, 0.05) is 19.3 Å². The molecule has 0 atom stereocenters. The van der Waals surface area contributed by atoms with Crippen molar-refractivity contribution in [2.75, 3.05) is 18.2 Å². The Morgan fingerprint density at radius 2 is 1.84 bits per heavy atom. The molecule has 1 N–H and O–H groups in total. The highest BCUT2D eigenvalue weighted by molar-refractivity contribution is 6.38. The second kappa shape index (κ2) is 10.5. The lowest BCUT2D eigenvalue weighted by atomic mass is 10.1. The highest BCUT2D eigenvalue weighted by Crippen LogP contribution is 2.21. The molecule has 0 aromatic heterocycles. The number of hydrogen-bond donors (Lipinski definition) is 1. The first kappa shape index (κ1) is 22.2. The first-order valence-electron chi connectivity index (χ1n) is 10.4. The molecule has 1 aliphatic heterocycles. The highest BCUT2D eigenvalue weighted by atomic mass is 16.5. The topological polar surface area (TPSA) is 88.1 Å². The summed E-state index contributed by atoms with van der Waals surface area (Å²) in [5.74, 6) is -0.829. The molecule has 7 heteroatoms. The predicted octanol–water partition coefficient (Wildman–Crippen LogP) is 3.08. The van der Waals surface area contributed by atoms with Crippen molar-refractivity contribution in [1.82, 2.24) is 5.32 Å². The van der Waals surface area contributed by atoms with Gasteiger partial charge in [0.25, 0.3) is 0 Å². The van der Waals surface area contributed by atoms with Gasteiger partial charge in [0.1, 0.15) is 12.3 Å². The Labute approximate surface area is 182 Å². The van der Waals surface area contributed by atoms with Crippen LogP contribution < -0.4 is 10.3 Å². The summed E-state index contributed by atoms with van der Waals surface area (Å²) in [6.45, 7) is 4.22. The standard InChI is InChI=1S/C24H27N3O4/c1-17-6-8-19(9-7-17)10-12-22(28)25-14-15-31-24(30)21-11-13-23(29)27(26-21)20-5-3-4-18(2)16-20/h3-9,16H,10-15H2,1-2H3,(H,25,28). The van der Waals surface area contributed by atoms with E-state index >= 15 is 0 Å². The molecular weight excluding hydrogens is 394 g/mol. The van der Waals surface area contributed by atoms with Gasteiger partial charge >= 0.3 is 5.97 Å². The third-order valence-electron chi connectivity index (χ3n) is 4.93. The van der Waals surface area contributed by atoms with E-state index in [1.54, 1.807) is 6.07 Å². The largest absolute Gasteiger partial charge is 0.459 e. The van der Waals surface area contributed by atoms with Crippen molar-refractivity contribution >= 4 is 29.2 Å². The molecule has 0 aliphatic carbocycles. The molecular formula is C24H27N3O4. The highest BCUT2D eigenvalue weighted by Gasteiger charge is 2.26. The van der Waals surface area contributed by atoms with Crippen molar-refractivity contribution in [2.45, 2.75) is 39.5 Å². The molecule has 0 saturated heterocycles. The van der Waals surface area contributed by atoms with Gasteiger partial charge < -0.3 is 10.1 Å². The maximum absolute atomic E-state index is 12.3. The lowest BCUT2D eigenvalue weighted by Gasteiger charge is -2.23. The number of carbonyl (C=O) groups excluding carboxylic acids is 3. The van der Waals surface area contributed by atoms with Crippen LogP contribution in [-0.2, 0) is 25.5 Å².